The van der Waals surface area contributed by atoms with Crippen LogP contribution in [0.15, 0.2) is 30.3 Å². The van der Waals surface area contributed by atoms with Crippen LogP contribution >= 0.6 is 0 Å². The van der Waals surface area contributed by atoms with Gasteiger partial charge in [0, 0.05) is 13.6 Å². The van der Waals surface area contributed by atoms with Gasteiger partial charge in [0.15, 0.2) is 17.1 Å². The number of hydrogen-bond donors (Lipinski definition) is 0. The Bertz CT molecular complexity index is 926. The zero-order chi connectivity index (χ0) is 18.9. The fourth-order valence-corrected chi connectivity index (χ4v) is 2.49. The van der Waals surface area contributed by atoms with Crippen molar-refractivity contribution in [2.45, 2.75) is 12.7 Å². The third-order valence-corrected chi connectivity index (χ3v) is 3.76. The summed E-state index contributed by atoms with van der Waals surface area (Å²) < 4.78 is 50.1. The van der Waals surface area contributed by atoms with Gasteiger partial charge in [0.1, 0.15) is 5.82 Å². The van der Waals surface area contributed by atoms with Gasteiger partial charge >= 0.3 is 6.18 Å². The van der Waals surface area contributed by atoms with E-state index in [1.165, 1.54) is 13.2 Å². The predicted molar refractivity (Wildman–Crippen MR) is 87.4 cm³/mol. The van der Waals surface area contributed by atoms with Crippen LogP contribution in [-0.4, -0.2) is 41.1 Å². The molecule has 0 unspecified atom stereocenters. The van der Waals surface area contributed by atoms with Gasteiger partial charge in [0.05, 0.1) is 14.2 Å². The number of anilines is 1. The largest absolute Gasteiger partial charge is 0.493 e. The van der Waals surface area contributed by atoms with E-state index < -0.39 is 12.0 Å². The quantitative estimate of drug-likeness (QED) is 0.691. The highest BCUT2D eigenvalue weighted by atomic mass is 19.4. The van der Waals surface area contributed by atoms with Crippen molar-refractivity contribution in [3.8, 4) is 11.5 Å². The first kappa shape index (κ1) is 17.8. The van der Waals surface area contributed by atoms with E-state index in [1.807, 2.05) is 6.07 Å². The second-order valence-corrected chi connectivity index (χ2v) is 5.53. The average molecular weight is 367 g/mol. The first-order valence-electron chi connectivity index (χ1n) is 7.55. The molecule has 0 aliphatic rings. The molecular weight excluding hydrogens is 351 g/mol. The fourth-order valence-electron chi connectivity index (χ4n) is 2.49. The molecule has 0 saturated heterocycles. The third kappa shape index (κ3) is 3.35. The van der Waals surface area contributed by atoms with Crippen molar-refractivity contribution in [1.82, 2.24) is 19.8 Å². The average Bonchev–Trinajstić information content (AvgIpc) is 3.05. The van der Waals surface area contributed by atoms with Crippen LogP contribution in [-0.2, 0) is 12.7 Å². The minimum absolute atomic E-state index is 0.0283. The fraction of sp³-hybridized carbons (Fsp3) is 0.312. The molecule has 10 heteroatoms. The summed E-state index contributed by atoms with van der Waals surface area (Å²) in [4.78, 5) is 1.71. The molecule has 0 aliphatic carbocycles. The molecule has 26 heavy (non-hydrogen) atoms. The minimum atomic E-state index is -4.63. The number of fused-ring (bicyclic) bond motifs is 1. The lowest BCUT2D eigenvalue weighted by Gasteiger charge is -2.19. The normalized spacial score (nSPS) is 11.6. The molecule has 1 aromatic carbocycles. The number of hydrogen-bond acceptors (Lipinski definition) is 6. The van der Waals surface area contributed by atoms with Crippen LogP contribution in [0, 0.1) is 0 Å². The Morgan fingerprint density at radius 3 is 2.42 bits per heavy atom. The number of alkyl halides is 3. The standard InChI is InChI=1S/C16H16F3N5O2/c1-23(9-10-4-5-11(25-2)12(8-10)26-3)14-7-6-13-20-21-15(16(17,18)19)24(13)22-14/h4-8H,9H2,1-3H3. The molecule has 2 heterocycles. The molecular formula is C16H16F3N5O2. The summed E-state index contributed by atoms with van der Waals surface area (Å²) in [5.41, 5.74) is 0.910. The van der Waals surface area contributed by atoms with E-state index in [0.717, 1.165) is 5.56 Å². The predicted octanol–water partition coefficient (Wildman–Crippen LogP) is 2.80. The number of rotatable bonds is 5. The number of nitrogens with zero attached hydrogens (tertiary/aromatic N) is 5. The highest BCUT2D eigenvalue weighted by Crippen LogP contribution is 2.29. The second-order valence-electron chi connectivity index (χ2n) is 5.53. The highest BCUT2D eigenvalue weighted by Gasteiger charge is 2.37. The zero-order valence-corrected chi connectivity index (χ0v) is 14.3. The van der Waals surface area contributed by atoms with E-state index in [9.17, 15) is 13.2 Å². The number of aromatic nitrogens is 4. The first-order valence-corrected chi connectivity index (χ1v) is 7.55. The van der Waals surface area contributed by atoms with E-state index in [1.54, 1.807) is 37.3 Å². The molecule has 0 aliphatic heterocycles. The molecule has 0 atom stereocenters. The van der Waals surface area contributed by atoms with Crippen LogP contribution in [0.1, 0.15) is 11.4 Å². The number of benzene rings is 1. The van der Waals surface area contributed by atoms with Crippen molar-refractivity contribution >= 4 is 11.5 Å². The molecule has 2 aromatic heterocycles. The lowest BCUT2D eigenvalue weighted by molar-refractivity contribution is -0.146. The SMILES string of the molecule is COc1ccc(CN(C)c2ccc3nnc(C(F)(F)F)n3n2)cc1OC. The molecule has 0 bridgehead atoms. The van der Waals surface area contributed by atoms with Gasteiger partial charge in [-0.15, -0.1) is 15.3 Å². The van der Waals surface area contributed by atoms with E-state index in [4.69, 9.17) is 9.47 Å². The number of halogens is 3. The van der Waals surface area contributed by atoms with E-state index in [-0.39, 0.29) is 5.65 Å². The van der Waals surface area contributed by atoms with Crippen molar-refractivity contribution in [2.75, 3.05) is 26.2 Å². The summed E-state index contributed by atoms with van der Waals surface area (Å²) in [5, 5.41) is 10.7. The Morgan fingerprint density at radius 1 is 1.04 bits per heavy atom. The first-order chi connectivity index (χ1) is 12.3. The Hall–Kier alpha value is -3.04. The minimum Gasteiger partial charge on any atom is -0.493 e. The van der Waals surface area contributed by atoms with Gasteiger partial charge in [0.25, 0.3) is 5.82 Å². The van der Waals surface area contributed by atoms with Crippen LogP contribution < -0.4 is 14.4 Å². The molecule has 0 saturated carbocycles. The van der Waals surface area contributed by atoms with E-state index in [0.29, 0.717) is 28.4 Å². The van der Waals surface area contributed by atoms with Gasteiger partial charge in [-0.05, 0) is 29.8 Å². The summed E-state index contributed by atoms with van der Waals surface area (Å²) in [6.07, 6.45) is -4.63. The molecule has 0 radical (unpaired) electrons. The molecule has 3 rings (SSSR count). The van der Waals surface area contributed by atoms with Gasteiger partial charge in [0.2, 0.25) is 0 Å². The third-order valence-electron chi connectivity index (χ3n) is 3.76. The van der Waals surface area contributed by atoms with Crippen molar-refractivity contribution in [1.29, 1.82) is 0 Å². The lowest BCUT2D eigenvalue weighted by Crippen LogP contribution is -2.20. The molecule has 3 aromatic rings. The smallest absolute Gasteiger partial charge is 0.453 e. The van der Waals surface area contributed by atoms with Crippen LogP contribution in [0.2, 0.25) is 0 Å². The molecule has 0 spiro atoms. The monoisotopic (exact) mass is 367 g/mol. The Morgan fingerprint density at radius 2 is 1.77 bits per heavy atom. The maximum Gasteiger partial charge on any atom is 0.453 e. The summed E-state index contributed by atoms with van der Waals surface area (Å²) in [7, 11) is 4.80. The maximum atomic E-state index is 13.0. The summed E-state index contributed by atoms with van der Waals surface area (Å²) in [5.74, 6) is 0.351. The topological polar surface area (TPSA) is 64.8 Å². The lowest BCUT2D eigenvalue weighted by atomic mass is 10.2. The van der Waals surface area contributed by atoms with E-state index >= 15 is 0 Å². The highest BCUT2D eigenvalue weighted by molar-refractivity contribution is 5.48. The number of methoxy groups -OCH3 is 2. The van der Waals surface area contributed by atoms with Gasteiger partial charge in [-0.2, -0.15) is 17.7 Å². The van der Waals surface area contributed by atoms with Gasteiger partial charge in [-0.25, -0.2) is 0 Å². The van der Waals surface area contributed by atoms with Crippen molar-refractivity contribution in [2.24, 2.45) is 0 Å². The van der Waals surface area contributed by atoms with Gasteiger partial charge in [-0.1, -0.05) is 6.07 Å². The summed E-state index contributed by atoms with van der Waals surface area (Å²) in [6, 6.07) is 8.44. The van der Waals surface area contributed by atoms with Crippen molar-refractivity contribution < 1.29 is 22.6 Å². The molecule has 0 amide bonds. The summed E-state index contributed by atoms with van der Waals surface area (Å²) >= 11 is 0. The van der Waals surface area contributed by atoms with Crippen molar-refractivity contribution in [3.05, 3.63) is 41.7 Å². The summed E-state index contributed by atoms with van der Waals surface area (Å²) in [6.45, 7) is 0.405. The Kier molecular flexibility index (Phi) is 4.58. The van der Waals surface area contributed by atoms with Crippen molar-refractivity contribution in [3.63, 3.8) is 0 Å². The van der Waals surface area contributed by atoms with Gasteiger partial charge < -0.3 is 14.4 Å². The molecule has 7 nitrogen and oxygen atoms in total. The Labute approximate surface area is 147 Å². The van der Waals surface area contributed by atoms with E-state index in [2.05, 4.69) is 15.3 Å². The second kappa shape index (κ2) is 6.70. The Balaban J connectivity index is 1.89. The zero-order valence-electron chi connectivity index (χ0n) is 14.3. The molecule has 0 N–H and O–H groups in total. The maximum absolute atomic E-state index is 13.0. The van der Waals surface area contributed by atoms with Crippen LogP contribution in [0.4, 0.5) is 19.0 Å². The molecule has 0 fully saturated rings. The van der Waals surface area contributed by atoms with Crippen LogP contribution in [0.25, 0.3) is 5.65 Å². The van der Waals surface area contributed by atoms with Gasteiger partial charge in [-0.3, -0.25) is 0 Å². The van der Waals surface area contributed by atoms with Crippen LogP contribution in [0.5, 0.6) is 11.5 Å². The molecule has 138 valence electrons. The van der Waals surface area contributed by atoms with Crippen LogP contribution in [0.3, 0.4) is 0 Å². The number of ether oxygens (including phenoxy) is 2.